The second-order valence-corrected chi connectivity index (χ2v) is 8.14. The van der Waals surface area contributed by atoms with E-state index in [0.29, 0.717) is 0 Å². The van der Waals surface area contributed by atoms with E-state index in [1.54, 1.807) is 0 Å². The van der Waals surface area contributed by atoms with Crippen LogP contribution in [0.5, 0.6) is 0 Å². The summed E-state index contributed by atoms with van der Waals surface area (Å²) < 4.78 is 1.19. The van der Waals surface area contributed by atoms with Crippen LogP contribution in [0, 0.1) is 0 Å². The smallest absolute Gasteiger partial charge is 0.0948 e. The zero-order chi connectivity index (χ0) is 21.3. The fourth-order valence-corrected chi connectivity index (χ4v) is 4.71. The molecule has 3 aromatic rings. The van der Waals surface area contributed by atoms with Gasteiger partial charge in [0, 0.05) is 13.0 Å². The molecule has 0 aliphatic rings. The van der Waals surface area contributed by atoms with Gasteiger partial charge in [-0.25, -0.2) is 0 Å². The van der Waals surface area contributed by atoms with Crippen molar-refractivity contribution in [2.24, 2.45) is 0 Å². The number of halogens is 1. The van der Waals surface area contributed by atoms with E-state index < -0.39 is 0 Å². The number of rotatable bonds is 11. The van der Waals surface area contributed by atoms with Gasteiger partial charge in [-0.3, -0.25) is 5.32 Å². The van der Waals surface area contributed by atoms with Gasteiger partial charge in [0.2, 0.25) is 0 Å². The standard InChI is InChI=1S/C28H37N2.BrH/c1-4-30(5-2,6-3)24-16-23-29-28(25-17-10-7-11-18-25,26-19-12-8-13-20-26)27-21-14-9-15-22-27;/h7-15,17-22,29H,4-6,16,23-24H2,1-3H3;1H/q+1;/p-1. The Kier molecular flexibility index (Phi) is 9.95. The first-order valence-electron chi connectivity index (χ1n) is 11.5. The van der Waals surface area contributed by atoms with E-state index in [1.165, 1.54) is 47.4 Å². The molecule has 0 saturated heterocycles. The Hall–Kier alpha value is -1.94. The maximum atomic E-state index is 4.02. The van der Waals surface area contributed by atoms with Gasteiger partial charge in [0.1, 0.15) is 0 Å². The molecule has 0 aliphatic heterocycles. The molecule has 0 aromatic heterocycles. The third-order valence-electron chi connectivity index (χ3n) is 6.83. The zero-order valence-corrected chi connectivity index (χ0v) is 20.8. The lowest BCUT2D eigenvalue weighted by molar-refractivity contribution is -0.923. The van der Waals surface area contributed by atoms with Crippen molar-refractivity contribution >= 4 is 0 Å². The molecule has 0 spiro atoms. The summed E-state index contributed by atoms with van der Waals surface area (Å²) in [6.45, 7) is 12.8. The fourth-order valence-electron chi connectivity index (χ4n) is 4.71. The van der Waals surface area contributed by atoms with E-state index in [4.69, 9.17) is 0 Å². The van der Waals surface area contributed by atoms with E-state index in [-0.39, 0.29) is 22.5 Å². The molecule has 0 amide bonds. The number of nitrogens with one attached hydrogen (secondary N) is 1. The summed E-state index contributed by atoms with van der Waals surface area (Å²) in [4.78, 5) is 0. The van der Waals surface area contributed by atoms with E-state index in [0.717, 1.165) is 13.0 Å². The van der Waals surface area contributed by atoms with Gasteiger partial charge in [-0.05, 0) is 37.5 Å². The van der Waals surface area contributed by atoms with Gasteiger partial charge in [-0.15, -0.1) is 0 Å². The Morgan fingerprint density at radius 2 is 0.968 bits per heavy atom. The summed E-state index contributed by atoms with van der Waals surface area (Å²) in [5.41, 5.74) is 3.49. The lowest BCUT2D eigenvalue weighted by Gasteiger charge is -2.39. The predicted octanol–water partition coefficient (Wildman–Crippen LogP) is 2.84. The van der Waals surface area contributed by atoms with Crippen LogP contribution in [0.1, 0.15) is 43.9 Å². The van der Waals surface area contributed by atoms with Crippen LogP contribution in [-0.2, 0) is 5.54 Å². The highest BCUT2D eigenvalue weighted by Gasteiger charge is 2.35. The van der Waals surface area contributed by atoms with Crippen molar-refractivity contribution in [2.75, 3.05) is 32.7 Å². The normalized spacial score (nSPS) is 11.7. The van der Waals surface area contributed by atoms with Crippen molar-refractivity contribution in [1.82, 2.24) is 5.32 Å². The van der Waals surface area contributed by atoms with Crippen molar-refractivity contribution in [2.45, 2.75) is 32.7 Å². The lowest BCUT2D eigenvalue weighted by Crippen LogP contribution is -3.00. The molecule has 0 unspecified atom stereocenters. The topological polar surface area (TPSA) is 12.0 Å². The van der Waals surface area contributed by atoms with Gasteiger partial charge >= 0.3 is 0 Å². The molecule has 0 radical (unpaired) electrons. The monoisotopic (exact) mass is 480 g/mol. The molecular weight excluding hydrogens is 444 g/mol. The highest BCUT2D eigenvalue weighted by molar-refractivity contribution is 5.49. The number of nitrogens with zero attached hydrogens (tertiary/aromatic N) is 1. The van der Waals surface area contributed by atoms with Crippen molar-refractivity contribution in [1.29, 1.82) is 0 Å². The SMILES string of the molecule is CC[N+](CC)(CC)CCCNC(c1ccccc1)(c1ccccc1)c1ccccc1.[Br-]. The van der Waals surface area contributed by atoms with Gasteiger partial charge in [0.05, 0.1) is 31.7 Å². The molecule has 166 valence electrons. The Labute approximate surface area is 199 Å². The Bertz CT molecular complexity index is 756. The van der Waals surface area contributed by atoms with Gasteiger partial charge < -0.3 is 21.5 Å². The zero-order valence-electron chi connectivity index (χ0n) is 19.2. The molecule has 3 rings (SSSR count). The summed E-state index contributed by atoms with van der Waals surface area (Å²) in [5.74, 6) is 0. The summed E-state index contributed by atoms with van der Waals surface area (Å²) in [5, 5.41) is 4.02. The molecule has 0 bridgehead atoms. The molecule has 2 nitrogen and oxygen atoms in total. The average molecular weight is 482 g/mol. The molecule has 3 heteroatoms. The minimum absolute atomic E-state index is 0. The largest absolute Gasteiger partial charge is 1.00 e. The second kappa shape index (κ2) is 12.2. The minimum Gasteiger partial charge on any atom is -1.00 e. The van der Waals surface area contributed by atoms with Gasteiger partial charge in [0.15, 0.2) is 0 Å². The molecule has 31 heavy (non-hydrogen) atoms. The number of hydrogen-bond donors (Lipinski definition) is 1. The van der Waals surface area contributed by atoms with E-state index in [9.17, 15) is 0 Å². The van der Waals surface area contributed by atoms with Crippen molar-refractivity contribution in [3.05, 3.63) is 108 Å². The predicted molar refractivity (Wildman–Crippen MR) is 129 cm³/mol. The van der Waals surface area contributed by atoms with Crippen molar-refractivity contribution in [3.63, 3.8) is 0 Å². The summed E-state index contributed by atoms with van der Waals surface area (Å²) >= 11 is 0. The first kappa shape index (κ1) is 25.3. The van der Waals surface area contributed by atoms with Crippen molar-refractivity contribution < 1.29 is 21.5 Å². The number of hydrogen-bond acceptors (Lipinski definition) is 1. The van der Waals surface area contributed by atoms with E-state index >= 15 is 0 Å². The quantitative estimate of drug-likeness (QED) is 0.252. The van der Waals surface area contributed by atoms with Gasteiger partial charge in [0.25, 0.3) is 0 Å². The molecule has 0 fully saturated rings. The Morgan fingerprint density at radius 1 is 0.613 bits per heavy atom. The number of benzene rings is 3. The second-order valence-electron chi connectivity index (χ2n) is 8.14. The van der Waals surface area contributed by atoms with Crippen LogP contribution in [0.4, 0.5) is 0 Å². The summed E-state index contributed by atoms with van der Waals surface area (Å²) in [6, 6.07) is 32.6. The molecule has 0 atom stereocenters. The van der Waals surface area contributed by atoms with Crippen LogP contribution >= 0.6 is 0 Å². The molecule has 0 saturated carbocycles. The van der Waals surface area contributed by atoms with Gasteiger partial charge in [-0.2, -0.15) is 0 Å². The van der Waals surface area contributed by atoms with Crippen LogP contribution < -0.4 is 22.3 Å². The van der Waals surface area contributed by atoms with Crippen LogP contribution in [-0.4, -0.2) is 37.2 Å². The molecule has 0 aliphatic carbocycles. The third kappa shape index (κ3) is 5.65. The van der Waals surface area contributed by atoms with E-state index in [1.807, 2.05) is 0 Å². The summed E-state index contributed by atoms with van der Waals surface area (Å²) in [7, 11) is 0. The van der Waals surface area contributed by atoms with E-state index in [2.05, 4.69) is 117 Å². The van der Waals surface area contributed by atoms with Crippen LogP contribution in [0.15, 0.2) is 91.0 Å². The Balaban J connectivity index is 0.00000341. The third-order valence-corrected chi connectivity index (χ3v) is 6.83. The first-order valence-corrected chi connectivity index (χ1v) is 11.5. The lowest BCUT2D eigenvalue weighted by atomic mass is 9.77. The van der Waals surface area contributed by atoms with Crippen molar-refractivity contribution in [3.8, 4) is 0 Å². The molecular formula is C28H37BrN2. The van der Waals surface area contributed by atoms with Gasteiger partial charge in [-0.1, -0.05) is 91.0 Å². The fraction of sp³-hybridized carbons (Fsp3) is 0.357. The maximum Gasteiger partial charge on any atom is 0.0948 e. The molecule has 1 N–H and O–H groups in total. The van der Waals surface area contributed by atoms with Crippen LogP contribution in [0.25, 0.3) is 0 Å². The average Bonchev–Trinajstić information content (AvgIpc) is 2.84. The highest BCUT2D eigenvalue weighted by Crippen LogP contribution is 2.36. The molecule has 0 heterocycles. The van der Waals surface area contributed by atoms with Crippen LogP contribution in [0.2, 0.25) is 0 Å². The van der Waals surface area contributed by atoms with Crippen LogP contribution in [0.3, 0.4) is 0 Å². The Morgan fingerprint density at radius 3 is 1.29 bits per heavy atom. The highest BCUT2D eigenvalue weighted by atomic mass is 79.9. The minimum atomic E-state index is -0.357. The number of quaternary nitrogens is 1. The molecule has 3 aromatic carbocycles. The maximum absolute atomic E-state index is 4.02. The summed E-state index contributed by atoms with van der Waals surface area (Å²) in [6.07, 6.45) is 1.16. The first-order chi connectivity index (χ1) is 14.7.